The molecule has 1 aromatic carbocycles. The molecule has 0 unspecified atom stereocenters. The molecule has 0 aliphatic carbocycles. The average molecular weight is 252 g/mol. The molecule has 3 aromatic rings. The number of nitrogens with two attached hydrogens (primary N) is 1. The number of pyridine rings is 1. The van der Waals surface area contributed by atoms with Gasteiger partial charge in [-0.05, 0) is 36.2 Å². The molecule has 0 bridgehead atoms. The molecule has 2 aromatic heterocycles. The van der Waals surface area contributed by atoms with E-state index in [1.807, 2.05) is 16.7 Å². The third kappa shape index (κ3) is 2.00. The number of hydrogen-bond donors (Lipinski definition) is 1. The number of fused-ring (bicyclic) bond motifs is 1. The molecule has 0 radical (unpaired) electrons. The monoisotopic (exact) mass is 252 g/mol. The SMILES string of the molecule is CCc1ccc(-n2c(CN)nc3cccnc32)cc1. The van der Waals surface area contributed by atoms with Gasteiger partial charge in [-0.15, -0.1) is 0 Å². The Labute approximate surface area is 111 Å². The molecule has 4 heteroatoms. The molecular formula is C15H16N4. The van der Waals surface area contributed by atoms with Crippen LogP contribution in [0, 0.1) is 0 Å². The van der Waals surface area contributed by atoms with Crippen LogP contribution in [0.2, 0.25) is 0 Å². The van der Waals surface area contributed by atoms with E-state index in [1.165, 1.54) is 5.56 Å². The van der Waals surface area contributed by atoms with E-state index in [-0.39, 0.29) is 0 Å². The molecule has 3 rings (SSSR count). The van der Waals surface area contributed by atoms with Gasteiger partial charge >= 0.3 is 0 Å². The molecule has 0 aliphatic heterocycles. The van der Waals surface area contributed by atoms with E-state index in [4.69, 9.17) is 5.73 Å². The van der Waals surface area contributed by atoms with E-state index < -0.39 is 0 Å². The summed E-state index contributed by atoms with van der Waals surface area (Å²) in [4.78, 5) is 8.94. The van der Waals surface area contributed by atoms with Crippen molar-refractivity contribution in [1.82, 2.24) is 14.5 Å². The highest BCUT2D eigenvalue weighted by atomic mass is 15.1. The molecule has 4 nitrogen and oxygen atoms in total. The Bertz CT molecular complexity index is 698. The summed E-state index contributed by atoms with van der Waals surface area (Å²) in [6.45, 7) is 2.54. The molecular weight excluding hydrogens is 236 g/mol. The maximum absolute atomic E-state index is 5.80. The van der Waals surface area contributed by atoms with E-state index in [0.717, 1.165) is 29.1 Å². The topological polar surface area (TPSA) is 56.7 Å². The predicted molar refractivity (Wildman–Crippen MR) is 76.1 cm³/mol. The van der Waals surface area contributed by atoms with Gasteiger partial charge < -0.3 is 5.73 Å². The number of benzene rings is 1. The van der Waals surface area contributed by atoms with E-state index >= 15 is 0 Å². The predicted octanol–water partition coefficient (Wildman–Crippen LogP) is 2.44. The fraction of sp³-hybridized carbons (Fsp3) is 0.200. The third-order valence-electron chi connectivity index (χ3n) is 3.27. The van der Waals surface area contributed by atoms with Crippen molar-refractivity contribution in [1.29, 1.82) is 0 Å². The summed E-state index contributed by atoms with van der Waals surface area (Å²) in [6.07, 6.45) is 2.81. The van der Waals surface area contributed by atoms with Crippen molar-refractivity contribution in [3.05, 3.63) is 54.0 Å². The molecule has 2 heterocycles. The van der Waals surface area contributed by atoms with Crippen LogP contribution in [-0.4, -0.2) is 14.5 Å². The molecule has 0 aliphatic rings. The van der Waals surface area contributed by atoms with Gasteiger partial charge in [0.25, 0.3) is 0 Å². The number of nitrogens with zero attached hydrogens (tertiary/aromatic N) is 3. The fourth-order valence-electron chi connectivity index (χ4n) is 2.25. The maximum atomic E-state index is 5.80. The molecule has 2 N–H and O–H groups in total. The number of aryl methyl sites for hydroxylation is 1. The van der Waals surface area contributed by atoms with Crippen LogP contribution in [0.15, 0.2) is 42.6 Å². The zero-order chi connectivity index (χ0) is 13.2. The van der Waals surface area contributed by atoms with Crippen LogP contribution < -0.4 is 5.73 Å². The number of rotatable bonds is 3. The van der Waals surface area contributed by atoms with Crippen LogP contribution in [0.3, 0.4) is 0 Å². The Kier molecular flexibility index (Phi) is 3.01. The van der Waals surface area contributed by atoms with Crippen molar-refractivity contribution >= 4 is 11.2 Å². The van der Waals surface area contributed by atoms with Gasteiger partial charge in [0.1, 0.15) is 11.3 Å². The van der Waals surface area contributed by atoms with Crippen molar-refractivity contribution < 1.29 is 0 Å². The Morgan fingerprint density at radius 3 is 2.63 bits per heavy atom. The van der Waals surface area contributed by atoms with Gasteiger partial charge in [0.05, 0.1) is 6.54 Å². The maximum Gasteiger partial charge on any atom is 0.164 e. The minimum atomic E-state index is 0.395. The van der Waals surface area contributed by atoms with E-state index in [2.05, 4.69) is 41.2 Å². The molecule has 19 heavy (non-hydrogen) atoms. The second-order valence-corrected chi connectivity index (χ2v) is 4.43. The summed E-state index contributed by atoms with van der Waals surface area (Å²) in [5, 5.41) is 0. The van der Waals surface area contributed by atoms with Crippen molar-refractivity contribution in [2.75, 3.05) is 0 Å². The molecule has 0 saturated heterocycles. The first-order valence-electron chi connectivity index (χ1n) is 6.45. The second kappa shape index (κ2) is 4.82. The van der Waals surface area contributed by atoms with Gasteiger partial charge in [-0.3, -0.25) is 4.57 Å². The molecule has 96 valence electrons. The first-order chi connectivity index (χ1) is 9.33. The van der Waals surface area contributed by atoms with Gasteiger partial charge in [0.2, 0.25) is 0 Å². The smallest absolute Gasteiger partial charge is 0.164 e. The summed E-state index contributed by atoms with van der Waals surface area (Å²) in [7, 11) is 0. The second-order valence-electron chi connectivity index (χ2n) is 4.43. The van der Waals surface area contributed by atoms with Crippen molar-refractivity contribution in [2.24, 2.45) is 5.73 Å². The van der Waals surface area contributed by atoms with E-state index in [9.17, 15) is 0 Å². The fourth-order valence-corrected chi connectivity index (χ4v) is 2.25. The highest BCUT2D eigenvalue weighted by Crippen LogP contribution is 2.20. The largest absolute Gasteiger partial charge is 0.324 e. The highest BCUT2D eigenvalue weighted by Gasteiger charge is 2.11. The minimum Gasteiger partial charge on any atom is -0.324 e. The lowest BCUT2D eigenvalue weighted by Gasteiger charge is -2.08. The van der Waals surface area contributed by atoms with Crippen molar-refractivity contribution in [3.63, 3.8) is 0 Å². The van der Waals surface area contributed by atoms with Crippen LogP contribution in [0.4, 0.5) is 0 Å². The normalized spacial score (nSPS) is 11.1. The van der Waals surface area contributed by atoms with Crippen LogP contribution in [0.25, 0.3) is 16.9 Å². The highest BCUT2D eigenvalue weighted by molar-refractivity contribution is 5.73. The van der Waals surface area contributed by atoms with Gasteiger partial charge in [-0.25, -0.2) is 9.97 Å². The average Bonchev–Trinajstić information content (AvgIpc) is 2.86. The molecule has 0 fully saturated rings. The van der Waals surface area contributed by atoms with Crippen LogP contribution in [0.1, 0.15) is 18.3 Å². The number of aromatic nitrogens is 3. The number of hydrogen-bond acceptors (Lipinski definition) is 3. The zero-order valence-electron chi connectivity index (χ0n) is 10.9. The molecule has 0 atom stereocenters. The van der Waals surface area contributed by atoms with E-state index in [0.29, 0.717) is 6.54 Å². The molecule has 0 spiro atoms. The minimum absolute atomic E-state index is 0.395. The Morgan fingerprint density at radius 1 is 1.16 bits per heavy atom. The Hall–Kier alpha value is -2.20. The zero-order valence-corrected chi connectivity index (χ0v) is 10.9. The summed E-state index contributed by atoms with van der Waals surface area (Å²) < 4.78 is 2.02. The summed E-state index contributed by atoms with van der Waals surface area (Å²) >= 11 is 0. The number of imidazole rings is 1. The van der Waals surface area contributed by atoms with Gasteiger partial charge in [0, 0.05) is 11.9 Å². The van der Waals surface area contributed by atoms with Gasteiger partial charge in [-0.1, -0.05) is 19.1 Å². The van der Waals surface area contributed by atoms with Gasteiger partial charge in [-0.2, -0.15) is 0 Å². The lowest BCUT2D eigenvalue weighted by molar-refractivity contribution is 0.876. The van der Waals surface area contributed by atoms with Crippen molar-refractivity contribution in [2.45, 2.75) is 19.9 Å². The molecule has 0 amide bonds. The Balaban J connectivity index is 2.21. The summed E-state index contributed by atoms with van der Waals surface area (Å²) in [5.74, 6) is 0.831. The lowest BCUT2D eigenvalue weighted by Crippen LogP contribution is -2.07. The quantitative estimate of drug-likeness (QED) is 0.779. The summed E-state index contributed by atoms with van der Waals surface area (Å²) in [6, 6.07) is 12.3. The summed E-state index contributed by atoms with van der Waals surface area (Å²) in [5.41, 5.74) is 9.90. The lowest BCUT2D eigenvalue weighted by atomic mass is 10.1. The third-order valence-corrected chi connectivity index (χ3v) is 3.27. The van der Waals surface area contributed by atoms with Crippen LogP contribution in [0.5, 0.6) is 0 Å². The standard InChI is InChI=1S/C15H16N4/c1-2-11-5-7-12(8-6-11)19-14(10-16)18-13-4-3-9-17-15(13)19/h3-9H,2,10,16H2,1H3. The molecule has 0 saturated carbocycles. The van der Waals surface area contributed by atoms with Crippen LogP contribution in [-0.2, 0) is 13.0 Å². The Morgan fingerprint density at radius 2 is 1.95 bits per heavy atom. The first kappa shape index (κ1) is 11.9. The van der Waals surface area contributed by atoms with Gasteiger partial charge in [0.15, 0.2) is 5.65 Å². The van der Waals surface area contributed by atoms with Crippen molar-refractivity contribution in [3.8, 4) is 5.69 Å². The van der Waals surface area contributed by atoms with Crippen LogP contribution >= 0.6 is 0 Å². The van der Waals surface area contributed by atoms with E-state index in [1.54, 1.807) is 6.20 Å². The first-order valence-corrected chi connectivity index (χ1v) is 6.45.